The van der Waals surface area contributed by atoms with Gasteiger partial charge in [-0.25, -0.2) is 9.37 Å². The number of likely N-dealkylation sites (tertiary alicyclic amines) is 1. The summed E-state index contributed by atoms with van der Waals surface area (Å²) < 4.78 is 14.7. The number of aromatic nitrogens is 1. The third kappa shape index (κ3) is 5.61. The molecule has 9 heteroatoms. The molecule has 2 N–H and O–H groups in total. The lowest BCUT2D eigenvalue weighted by Gasteiger charge is -2.33. The van der Waals surface area contributed by atoms with Gasteiger partial charge in [0.1, 0.15) is 17.5 Å². The minimum absolute atomic E-state index is 0. The lowest BCUT2D eigenvalue weighted by atomic mass is 9.97. The van der Waals surface area contributed by atoms with Crippen molar-refractivity contribution >= 4 is 46.5 Å². The van der Waals surface area contributed by atoms with E-state index in [4.69, 9.17) is 28.6 Å². The number of nitrogens with zero attached hydrogens (tertiary/aromatic N) is 2. The molecule has 3 aromatic rings. The molecule has 1 amide bonds. The van der Waals surface area contributed by atoms with Crippen LogP contribution in [0.15, 0.2) is 54.7 Å². The van der Waals surface area contributed by atoms with E-state index < -0.39 is 17.5 Å². The predicted octanol–water partition coefficient (Wildman–Crippen LogP) is 5.87. The topological polar surface area (TPSA) is 86.1 Å². The fourth-order valence-corrected chi connectivity index (χ4v) is 3.71. The molecule has 0 bridgehead atoms. The number of amidine groups is 1. The van der Waals surface area contributed by atoms with Gasteiger partial charge in [-0.15, -0.1) is 0 Å². The zero-order valence-electron chi connectivity index (χ0n) is 17.4. The quantitative estimate of drug-likeness (QED) is 0.251. The van der Waals surface area contributed by atoms with E-state index in [1.807, 2.05) is 4.90 Å². The van der Waals surface area contributed by atoms with Gasteiger partial charge < -0.3 is 10.2 Å². The molecule has 2 aromatic carbocycles. The van der Waals surface area contributed by atoms with Gasteiger partial charge >= 0.3 is 0 Å². The second-order valence-corrected chi connectivity index (χ2v) is 8.47. The van der Waals surface area contributed by atoms with E-state index in [1.165, 1.54) is 24.4 Å². The molecular formula is C25H23Cl2FN4O2. The first-order valence-electron chi connectivity index (χ1n) is 10.2. The smallest absolute Gasteiger partial charge is 0.257 e. The van der Waals surface area contributed by atoms with Crippen LogP contribution in [0, 0.1) is 11.2 Å². The maximum absolute atomic E-state index is 14.7. The third-order valence-corrected chi connectivity index (χ3v) is 5.81. The van der Waals surface area contributed by atoms with Gasteiger partial charge in [-0.2, -0.15) is 0 Å². The first-order chi connectivity index (χ1) is 15.8. The van der Waals surface area contributed by atoms with Crippen LogP contribution in [0.1, 0.15) is 45.7 Å². The number of benzene rings is 2. The van der Waals surface area contributed by atoms with Crippen LogP contribution in [0.5, 0.6) is 0 Å². The summed E-state index contributed by atoms with van der Waals surface area (Å²) >= 11 is 11.9. The third-order valence-electron chi connectivity index (χ3n) is 5.35. The second-order valence-electron chi connectivity index (χ2n) is 7.60. The van der Waals surface area contributed by atoms with E-state index in [0.29, 0.717) is 21.2 Å². The van der Waals surface area contributed by atoms with Crippen molar-refractivity contribution in [2.75, 3.05) is 18.4 Å². The van der Waals surface area contributed by atoms with Gasteiger partial charge in [-0.05, 0) is 48.4 Å². The summed E-state index contributed by atoms with van der Waals surface area (Å²) in [5.41, 5.74) is 0.901. The molecular weight excluding hydrogens is 478 g/mol. The highest BCUT2D eigenvalue weighted by molar-refractivity contribution is 6.31. The summed E-state index contributed by atoms with van der Waals surface area (Å²) in [4.78, 5) is 31.6. The van der Waals surface area contributed by atoms with E-state index >= 15 is 0 Å². The Bertz CT molecular complexity index is 1240. The van der Waals surface area contributed by atoms with Crippen molar-refractivity contribution in [2.45, 2.75) is 20.3 Å². The minimum atomic E-state index is -0.701. The second kappa shape index (κ2) is 10.8. The Morgan fingerprint density at radius 3 is 2.38 bits per heavy atom. The maximum Gasteiger partial charge on any atom is 0.257 e. The molecule has 1 aliphatic heterocycles. The molecule has 2 heterocycles. The van der Waals surface area contributed by atoms with Crippen molar-refractivity contribution in [1.29, 1.82) is 5.41 Å². The Morgan fingerprint density at radius 1 is 1.03 bits per heavy atom. The van der Waals surface area contributed by atoms with E-state index in [0.717, 1.165) is 19.5 Å². The average molecular weight is 501 g/mol. The molecule has 176 valence electrons. The highest BCUT2D eigenvalue weighted by atomic mass is 35.5. The van der Waals surface area contributed by atoms with Crippen LogP contribution in [0.4, 0.5) is 10.2 Å². The normalized spacial score (nSPS) is 12.4. The Morgan fingerprint density at radius 2 is 1.76 bits per heavy atom. The largest absolute Gasteiger partial charge is 0.356 e. The molecule has 0 aliphatic carbocycles. The van der Waals surface area contributed by atoms with Gasteiger partial charge in [0.2, 0.25) is 0 Å². The molecule has 0 radical (unpaired) electrons. The van der Waals surface area contributed by atoms with Crippen LogP contribution in [0.3, 0.4) is 0 Å². The monoisotopic (exact) mass is 500 g/mol. The van der Waals surface area contributed by atoms with Crippen LogP contribution in [0.25, 0.3) is 0 Å². The van der Waals surface area contributed by atoms with Gasteiger partial charge in [0.25, 0.3) is 5.91 Å². The molecule has 34 heavy (non-hydrogen) atoms. The molecule has 0 atom stereocenters. The van der Waals surface area contributed by atoms with Crippen LogP contribution in [-0.4, -0.2) is 40.5 Å². The summed E-state index contributed by atoms with van der Waals surface area (Å²) in [6, 6.07) is 11.9. The van der Waals surface area contributed by atoms with Crippen molar-refractivity contribution < 1.29 is 14.0 Å². The number of carbonyl (C=O) groups excluding carboxylic acids is 2. The Labute approximate surface area is 207 Å². The van der Waals surface area contributed by atoms with Gasteiger partial charge in [-0.3, -0.25) is 15.0 Å². The van der Waals surface area contributed by atoms with Gasteiger partial charge in [-0.1, -0.05) is 42.8 Å². The number of halogens is 3. The van der Waals surface area contributed by atoms with Gasteiger partial charge in [0, 0.05) is 41.9 Å². The highest BCUT2D eigenvalue weighted by Crippen LogP contribution is 2.22. The first kappa shape index (κ1) is 25.3. The molecule has 1 aromatic heterocycles. The van der Waals surface area contributed by atoms with Gasteiger partial charge in [0.15, 0.2) is 5.78 Å². The summed E-state index contributed by atoms with van der Waals surface area (Å²) in [5.74, 6) is -1.17. The first-order valence-corrected chi connectivity index (χ1v) is 11.0. The number of nitrogens with one attached hydrogen (secondary N) is 2. The standard InChI is InChI=1S/C24H19Cl2FN4O2.CH4/c25-16-4-2-14(19(12-16)24(33)30-22-7-5-17(26)13-29-22)11-21(32)18-6-3-15(10-20(18)27)23(28)31-8-1-9-31;/h2-7,10,12-13,28H,1,8-9,11H2,(H,29,30,33);1H4. The van der Waals surface area contributed by atoms with Crippen LogP contribution >= 0.6 is 23.2 Å². The number of carbonyl (C=O) groups is 2. The fourth-order valence-electron chi connectivity index (χ4n) is 3.43. The van der Waals surface area contributed by atoms with Crippen LogP contribution in [0.2, 0.25) is 10.0 Å². The molecule has 1 aliphatic rings. The van der Waals surface area contributed by atoms with E-state index in [9.17, 15) is 14.0 Å². The van der Waals surface area contributed by atoms with Crippen molar-refractivity contribution in [3.05, 3.63) is 92.8 Å². The molecule has 0 unspecified atom stereocenters. The van der Waals surface area contributed by atoms with Crippen molar-refractivity contribution in [1.82, 2.24) is 9.88 Å². The summed E-state index contributed by atoms with van der Waals surface area (Å²) in [6.45, 7) is 1.54. The van der Waals surface area contributed by atoms with E-state index in [-0.39, 0.29) is 36.6 Å². The van der Waals surface area contributed by atoms with E-state index in [1.54, 1.807) is 30.3 Å². The molecule has 1 fully saturated rings. The number of hydrogen-bond donors (Lipinski definition) is 2. The molecule has 0 saturated carbocycles. The number of ketones is 1. The number of rotatable bonds is 6. The number of hydrogen-bond acceptors (Lipinski definition) is 4. The Hall–Kier alpha value is -3.29. The summed E-state index contributed by atoms with van der Waals surface area (Å²) in [5, 5.41) is 11.5. The molecule has 1 saturated heterocycles. The summed E-state index contributed by atoms with van der Waals surface area (Å²) in [7, 11) is 0. The van der Waals surface area contributed by atoms with Gasteiger partial charge in [0.05, 0.1) is 10.6 Å². The van der Waals surface area contributed by atoms with E-state index in [2.05, 4.69) is 10.3 Å². The predicted molar refractivity (Wildman–Crippen MR) is 133 cm³/mol. The van der Waals surface area contributed by atoms with Crippen molar-refractivity contribution in [3.8, 4) is 0 Å². The number of amides is 1. The average Bonchev–Trinajstić information content (AvgIpc) is 2.75. The highest BCUT2D eigenvalue weighted by Gasteiger charge is 2.22. The van der Waals surface area contributed by atoms with Crippen molar-refractivity contribution in [3.63, 3.8) is 0 Å². The van der Waals surface area contributed by atoms with Crippen molar-refractivity contribution in [2.24, 2.45) is 0 Å². The van der Waals surface area contributed by atoms with Crippen LogP contribution < -0.4 is 5.32 Å². The zero-order chi connectivity index (χ0) is 23.5. The number of pyridine rings is 1. The fraction of sp³-hybridized carbons (Fsp3) is 0.200. The summed E-state index contributed by atoms with van der Waals surface area (Å²) in [6.07, 6.45) is 2.20. The number of Topliss-reactive ketones (excluding diaryl/α,β-unsaturated/α-hetero) is 1. The maximum atomic E-state index is 14.7. The zero-order valence-corrected chi connectivity index (χ0v) is 18.9. The number of anilines is 1. The molecule has 0 spiro atoms. The lowest BCUT2D eigenvalue weighted by molar-refractivity contribution is 0.0988. The Balaban J connectivity index is 0.00000324. The lowest BCUT2D eigenvalue weighted by Crippen LogP contribution is -2.42. The SMILES string of the molecule is C.N=C(c1ccc(C(=O)Cc2ccc(Cl)cc2C(=O)Nc2ccc(Cl)cn2)c(F)c1)N1CCC1. The minimum Gasteiger partial charge on any atom is -0.356 e. The Kier molecular flexibility index (Phi) is 8.02. The molecule has 4 rings (SSSR count). The van der Waals surface area contributed by atoms with Crippen LogP contribution in [-0.2, 0) is 6.42 Å². The molecule has 6 nitrogen and oxygen atoms in total.